The van der Waals surface area contributed by atoms with Crippen molar-refractivity contribution in [2.45, 2.75) is 25.3 Å². The van der Waals surface area contributed by atoms with Crippen LogP contribution in [0.25, 0.3) is 0 Å². The monoisotopic (exact) mass is 152 g/mol. The van der Waals surface area contributed by atoms with Crippen molar-refractivity contribution in [3.63, 3.8) is 0 Å². The zero-order chi connectivity index (χ0) is 7.52. The van der Waals surface area contributed by atoms with E-state index in [2.05, 4.69) is 22.5 Å². The summed E-state index contributed by atoms with van der Waals surface area (Å²) in [5.74, 6) is 0. The van der Waals surface area contributed by atoms with E-state index >= 15 is 0 Å². The zero-order valence-corrected chi connectivity index (χ0v) is 6.92. The quantitative estimate of drug-likeness (QED) is 0.634. The van der Waals surface area contributed by atoms with Gasteiger partial charge in [0, 0.05) is 19.1 Å². The Labute approximate surface area is 68.3 Å². The second-order valence-electron chi connectivity index (χ2n) is 3.46. The molecule has 0 aromatic heterocycles. The molecule has 0 saturated carbocycles. The van der Waals surface area contributed by atoms with Gasteiger partial charge >= 0.3 is 0 Å². The molecule has 0 bridgehead atoms. The second kappa shape index (κ2) is 3.26. The highest BCUT2D eigenvalue weighted by Crippen LogP contribution is 2.10. The van der Waals surface area contributed by atoms with Crippen molar-refractivity contribution in [1.82, 2.24) is 10.2 Å². The second-order valence-corrected chi connectivity index (χ2v) is 3.46. The summed E-state index contributed by atoms with van der Waals surface area (Å²) in [5.41, 5.74) is 0. The lowest BCUT2D eigenvalue weighted by Gasteiger charge is -2.19. The van der Waals surface area contributed by atoms with Crippen LogP contribution in [0.15, 0.2) is 12.3 Å². The summed E-state index contributed by atoms with van der Waals surface area (Å²) in [6.45, 7) is 3.68. The van der Waals surface area contributed by atoms with Crippen molar-refractivity contribution in [2.75, 3.05) is 19.6 Å². The van der Waals surface area contributed by atoms with Gasteiger partial charge in [-0.2, -0.15) is 0 Å². The van der Waals surface area contributed by atoms with Gasteiger partial charge in [0.25, 0.3) is 0 Å². The summed E-state index contributed by atoms with van der Waals surface area (Å²) in [6.07, 6.45) is 8.47. The van der Waals surface area contributed by atoms with Crippen LogP contribution in [0, 0.1) is 0 Å². The molecule has 2 heteroatoms. The predicted octanol–water partition coefficient (Wildman–Crippen LogP) is 0.958. The Morgan fingerprint density at radius 2 is 2.55 bits per heavy atom. The van der Waals surface area contributed by atoms with E-state index < -0.39 is 0 Å². The highest BCUT2D eigenvalue weighted by Gasteiger charge is 2.16. The molecule has 1 saturated heterocycles. The lowest BCUT2D eigenvalue weighted by atomic mass is 10.2. The van der Waals surface area contributed by atoms with Crippen molar-refractivity contribution in [2.24, 2.45) is 0 Å². The Bertz CT molecular complexity index is 148. The molecule has 2 aliphatic heterocycles. The molecule has 0 aromatic rings. The molecule has 0 aromatic carbocycles. The van der Waals surface area contributed by atoms with Crippen molar-refractivity contribution in [3.05, 3.63) is 12.3 Å². The Kier molecular flexibility index (Phi) is 2.13. The first-order valence-corrected chi connectivity index (χ1v) is 4.59. The molecule has 0 aliphatic carbocycles. The third kappa shape index (κ3) is 1.74. The van der Waals surface area contributed by atoms with Crippen molar-refractivity contribution in [3.8, 4) is 0 Å². The Morgan fingerprint density at radius 1 is 1.55 bits per heavy atom. The van der Waals surface area contributed by atoms with Crippen LogP contribution in [0.3, 0.4) is 0 Å². The van der Waals surface area contributed by atoms with Crippen LogP contribution in [0.4, 0.5) is 0 Å². The molecule has 1 atom stereocenters. The minimum atomic E-state index is 0.762. The number of nitrogens with zero attached hydrogens (tertiary/aromatic N) is 1. The predicted molar refractivity (Wildman–Crippen MR) is 46.4 cm³/mol. The number of hydrogen-bond donors (Lipinski definition) is 1. The van der Waals surface area contributed by atoms with Gasteiger partial charge in [-0.25, -0.2) is 0 Å². The van der Waals surface area contributed by atoms with E-state index in [-0.39, 0.29) is 0 Å². The Balaban J connectivity index is 1.75. The van der Waals surface area contributed by atoms with Crippen LogP contribution < -0.4 is 5.32 Å². The molecular weight excluding hydrogens is 136 g/mol. The molecule has 0 spiro atoms. The van der Waals surface area contributed by atoms with Crippen molar-refractivity contribution >= 4 is 0 Å². The lowest BCUT2D eigenvalue weighted by molar-refractivity contribution is 0.357. The first kappa shape index (κ1) is 7.17. The fourth-order valence-electron chi connectivity index (χ4n) is 1.89. The summed E-state index contributed by atoms with van der Waals surface area (Å²) in [4.78, 5) is 2.42. The number of nitrogens with one attached hydrogen (secondary N) is 1. The maximum atomic E-state index is 3.51. The zero-order valence-electron chi connectivity index (χ0n) is 6.92. The van der Waals surface area contributed by atoms with E-state index in [9.17, 15) is 0 Å². The largest absolute Gasteiger partial charge is 0.376 e. The van der Waals surface area contributed by atoms with E-state index in [1.807, 2.05) is 0 Å². The summed E-state index contributed by atoms with van der Waals surface area (Å²) in [5, 5.41) is 3.51. The number of rotatable bonds is 2. The highest BCUT2D eigenvalue weighted by atomic mass is 15.1. The van der Waals surface area contributed by atoms with E-state index in [1.54, 1.807) is 0 Å². The molecule has 0 amide bonds. The van der Waals surface area contributed by atoms with Crippen molar-refractivity contribution < 1.29 is 0 Å². The molecule has 0 radical (unpaired) electrons. The first-order chi connectivity index (χ1) is 5.45. The molecule has 1 N–H and O–H groups in total. The molecule has 11 heavy (non-hydrogen) atoms. The van der Waals surface area contributed by atoms with Crippen LogP contribution in [0.1, 0.15) is 19.3 Å². The third-order valence-electron chi connectivity index (χ3n) is 2.52. The fourth-order valence-corrected chi connectivity index (χ4v) is 1.89. The van der Waals surface area contributed by atoms with Crippen LogP contribution >= 0.6 is 0 Å². The minimum Gasteiger partial charge on any atom is -0.376 e. The van der Waals surface area contributed by atoms with E-state index in [0.717, 1.165) is 6.04 Å². The van der Waals surface area contributed by atoms with Gasteiger partial charge in [-0.1, -0.05) is 6.08 Å². The highest BCUT2D eigenvalue weighted by molar-refractivity contribution is 4.93. The standard InChI is InChI=1S/C9H16N2/c1-2-7-11(6-1)8-9-4-3-5-10-9/h1,6,9-10H,2-5,7-8H2/t9-/m1/s1. The van der Waals surface area contributed by atoms with Crippen molar-refractivity contribution in [1.29, 1.82) is 0 Å². The van der Waals surface area contributed by atoms with E-state index in [0.29, 0.717) is 0 Å². The molecule has 2 heterocycles. The molecular formula is C9H16N2. The Hall–Kier alpha value is -0.500. The van der Waals surface area contributed by atoms with E-state index in [1.165, 1.54) is 38.9 Å². The third-order valence-corrected chi connectivity index (χ3v) is 2.52. The normalized spacial score (nSPS) is 30.2. The molecule has 1 fully saturated rings. The molecule has 0 unspecified atom stereocenters. The van der Waals surface area contributed by atoms with Gasteiger partial charge in [-0.15, -0.1) is 0 Å². The average Bonchev–Trinajstić information content (AvgIpc) is 2.60. The summed E-state index contributed by atoms with van der Waals surface area (Å²) in [6, 6.07) is 0.762. The molecule has 2 rings (SSSR count). The minimum absolute atomic E-state index is 0.762. The van der Waals surface area contributed by atoms with Gasteiger partial charge in [0.15, 0.2) is 0 Å². The summed E-state index contributed by atoms with van der Waals surface area (Å²) in [7, 11) is 0. The van der Waals surface area contributed by atoms with E-state index in [4.69, 9.17) is 0 Å². The smallest absolute Gasteiger partial charge is 0.0326 e. The first-order valence-electron chi connectivity index (χ1n) is 4.59. The Morgan fingerprint density at radius 3 is 3.18 bits per heavy atom. The number of hydrogen-bond acceptors (Lipinski definition) is 2. The molecule has 2 aliphatic rings. The van der Waals surface area contributed by atoms with Crippen LogP contribution in [0.2, 0.25) is 0 Å². The molecule has 62 valence electrons. The van der Waals surface area contributed by atoms with Gasteiger partial charge < -0.3 is 10.2 Å². The SMILES string of the molecule is C1=CN(C[C@H]2CCCN2)CC1. The van der Waals surface area contributed by atoms with Gasteiger partial charge in [0.2, 0.25) is 0 Å². The summed E-state index contributed by atoms with van der Waals surface area (Å²) >= 11 is 0. The van der Waals surface area contributed by atoms with Crippen LogP contribution in [-0.2, 0) is 0 Å². The van der Waals surface area contributed by atoms with Gasteiger partial charge in [0.05, 0.1) is 0 Å². The fraction of sp³-hybridized carbons (Fsp3) is 0.778. The topological polar surface area (TPSA) is 15.3 Å². The van der Waals surface area contributed by atoms with Crippen LogP contribution in [-0.4, -0.2) is 30.6 Å². The maximum absolute atomic E-state index is 3.51. The molecule has 2 nitrogen and oxygen atoms in total. The summed E-state index contributed by atoms with van der Waals surface area (Å²) < 4.78 is 0. The van der Waals surface area contributed by atoms with Crippen LogP contribution in [0.5, 0.6) is 0 Å². The van der Waals surface area contributed by atoms with Gasteiger partial charge in [0.1, 0.15) is 0 Å². The maximum Gasteiger partial charge on any atom is 0.0326 e. The average molecular weight is 152 g/mol. The lowest BCUT2D eigenvalue weighted by Crippen LogP contribution is -2.33. The van der Waals surface area contributed by atoms with Gasteiger partial charge in [-0.3, -0.25) is 0 Å². The van der Waals surface area contributed by atoms with Gasteiger partial charge in [-0.05, 0) is 32.0 Å².